The number of nitriles is 2. The van der Waals surface area contributed by atoms with Gasteiger partial charge in [0.05, 0.1) is 23.3 Å². The second-order valence-electron chi connectivity index (χ2n) is 12.7. The standard InChI is InChI=1S/C47H27N5O2/c48-28-30-11-15-34(16-12-30)39-26-43-44(27-40(39)35-17-13-31(29-49)14-18-35)54-42-25-38(23-24-41(42)53-43)47-51-45(36-9-5-2-6-10-36)50-46(52-47)37-21-19-33(20-22-37)32-7-3-1-4-8-32/h1-27H. The number of nitrogens with zero attached hydrogens (tertiary/aromatic N) is 5. The lowest BCUT2D eigenvalue weighted by molar-refractivity contribution is 0.360. The average Bonchev–Trinajstić information content (AvgIpc) is 3.25. The summed E-state index contributed by atoms with van der Waals surface area (Å²) in [6.45, 7) is 0. The largest absolute Gasteiger partial charge is 0.449 e. The number of hydrogen-bond acceptors (Lipinski definition) is 7. The van der Waals surface area contributed by atoms with Gasteiger partial charge in [-0.2, -0.15) is 10.5 Å². The van der Waals surface area contributed by atoms with Crippen LogP contribution < -0.4 is 9.47 Å². The van der Waals surface area contributed by atoms with Gasteiger partial charge in [-0.05, 0) is 88.0 Å². The topological polar surface area (TPSA) is 105 Å². The van der Waals surface area contributed by atoms with Crippen LogP contribution in [0.25, 0.3) is 67.5 Å². The van der Waals surface area contributed by atoms with Crippen LogP contribution in [-0.4, -0.2) is 15.0 Å². The Morgan fingerprint density at radius 1 is 0.333 bits per heavy atom. The highest BCUT2D eigenvalue weighted by Gasteiger charge is 2.24. The molecule has 1 aromatic heterocycles. The van der Waals surface area contributed by atoms with Crippen LogP contribution in [0.5, 0.6) is 23.0 Å². The van der Waals surface area contributed by atoms with Gasteiger partial charge in [-0.25, -0.2) is 15.0 Å². The lowest BCUT2D eigenvalue weighted by Gasteiger charge is -2.23. The monoisotopic (exact) mass is 693 g/mol. The Morgan fingerprint density at radius 2 is 0.704 bits per heavy atom. The molecule has 54 heavy (non-hydrogen) atoms. The molecule has 0 fully saturated rings. The SMILES string of the molecule is N#Cc1ccc(-c2cc3c(cc2-c2ccc(C#N)cc2)Oc2cc(-c4nc(-c5ccccc5)nc(-c5ccc(-c6ccccc6)cc5)n4)ccc2O3)cc1. The van der Waals surface area contributed by atoms with Gasteiger partial charge in [0.15, 0.2) is 40.5 Å². The highest BCUT2D eigenvalue weighted by molar-refractivity contribution is 5.87. The van der Waals surface area contributed by atoms with E-state index in [1.54, 1.807) is 24.3 Å². The average molecular weight is 694 g/mol. The first-order chi connectivity index (χ1) is 26.6. The number of aromatic nitrogens is 3. The number of rotatable bonds is 6. The Balaban J connectivity index is 1.10. The van der Waals surface area contributed by atoms with E-state index in [-0.39, 0.29) is 0 Å². The van der Waals surface area contributed by atoms with Gasteiger partial charge < -0.3 is 9.47 Å². The summed E-state index contributed by atoms with van der Waals surface area (Å²) in [4.78, 5) is 14.8. The van der Waals surface area contributed by atoms with Crippen LogP contribution in [0.3, 0.4) is 0 Å². The smallest absolute Gasteiger partial charge is 0.170 e. The summed E-state index contributed by atoms with van der Waals surface area (Å²) in [5.41, 5.74) is 9.48. The highest BCUT2D eigenvalue weighted by atomic mass is 16.6. The number of fused-ring (bicyclic) bond motifs is 2. The third kappa shape index (κ3) is 6.19. The predicted molar refractivity (Wildman–Crippen MR) is 208 cm³/mol. The highest BCUT2D eigenvalue weighted by Crippen LogP contribution is 2.50. The lowest BCUT2D eigenvalue weighted by Crippen LogP contribution is -2.03. The number of benzene rings is 7. The summed E-state index contributed by atoms with van der Waals surface area (Å²) < 4.78 is 13.0. The van der Waals surface area contributed by atoms with E-state index in [4.69, 9.17) is 24.4 Å². The van der Waals surface area contributed by atoms with Crippen molar-refractivity contribution in [1.82, 2.24) is 15.0 Å². The van der Waals surface area contributed by atoms with Gasteiger partial charge in [0, 0.05) is 16.7 Å². The van der Waals surface area contributed by atoms with Crippen LogP contribution in [0.4, 0.5) is 0 Å². The molecule has 0 atom stereocenters. The van der Waals surface area contributed by atoms with E-state index >= 15 is 0 Å². The summed E-state index contributed by atoms with van der Waals surface area (Å²) in [5.74, 6) is 3.78. The van der Waals surface area contributed by atoms with Crippen molar-refractivity contribution in [1.29, 1.82) is 10.5 Å². The van der Waals surface area contributed by atoms with E-state index in [1.165, 1.54) is 0 Å². The fourth-order valence-corrected chi connectivity index (χ4v) is 6.49. The fourth-order valence-electron chi connectivity index (χ4n) is 6.49. The molecule has 0 radical (unpaired) electrons. The minimum atomic E-state index is 0.498. The fraction of sp³-hybridized carbons (Fsp3) is 0. The Labute approximate surface area is 311 Å². The third-order valence-corrected chi connectivity index (χ3v) is 9.29. The Hall–Kier alpha value is -7.87. The minimum Gasteiger partial charge on any atom is -0.449 e. The van der Waals surface area contributed by atoms with Crippen molar-refractivity contribution in [2.45, 2.75) is 0 Å². The molecule has 2 heterocycles. The number of ether oxygens (including phenoxy) is 2. The van der Waals surface area contributed by atoms with Crippen molar-refractivity contribution >= 4 is 0 Å². The van der Waals surface area contributed by atoms with Crippen LogP contribution in [0.1, 0.15) is 11.1 Å². The Morgan fingerprint density at radius 3 is 1.22 bits per heavy atom. The maximum absolute atomic E-state index is 9.41. The van der Waals surface area contributed by atoms with Gasteiger partial charge in [0.2, 0.25) is 0 Å². The molecule has 8 aromatic rings. The third-order valence-electron chi connectivity index (χ3n) is 9.29. The number of hydrogen-bond donors (Lipinski definition) is 0. The van der Waals surface area contributed by atoms with Gasteiger partial charge in [0.25, 0.3) is 0 Å². The van der Waals surface area contributed by atoms with Gasteiger partial charge in [0.1, 0.15) is 0 Å². The van der Waals surface area contributed by atoms with Crippen molar-refractivity contribution in [2.24, 2.45) is 0 Å². The van der Waals surface area contributed by atoms with Crippen molar-refractivity contribution in [3.05, 3.63) is 175 Å². The van der Waals surface area contributed by atoms with E-state index < -0.39 is 0 Å². The molecule has 0 saturated heterocycles. The van der Waals surface area contributed by atoms with E-state index in [9.17, 15) is 10.5 Å². The molecule has 1 aliphatic rings. The summed E-state index contributed by atoms with van der Waals surface area (Å²) in [6, 6.07) is 57.1. The minimum absolute atomic E-state index is 0.498. The molecule has 0 spiro atoms. The molecule has 0 unspecified atom stereocenters. The normalized spacial score (nSPS) is 11.2. The first kappa shape index (κ1) is 32.1. The molecule has 0 aliphatic carbocycles. The summed E-state index contributed by atoms with van der Waals surface area (Å²) in [5, 5.41) is 18.8. The molecule has 7 nitrogen and oxygen atoms in total. The molecule has 0 N–H and O–H groups in total. The summed E-state index contributed by atoms with van der Waals surface area (Å²) in [6.07, 6.45) is 0. The maximum atomic E-state index is 9.41. The van der Waals surface area contributed by atoms with Gasteiger partial charge in [-0.15, -0.1) is 0 Å². The zero-order chi connectivity index (χ0) is 36.4. The van der Waals surface area contributed by atoms with Gasteiger partial charge >= 0.3 is 0 Å². The zero-order valence-electron chi connectivity index (χ0n) is 28.6. The molecule has 7 aromatic carbocycles. The first-order valence-electron chi connectivity index (χ1n) is 17.3. The van der Waals surface area contributed by atoms with E-state index in [0.29, 0.717) is 51.6 Å². The van der Waals surface area contributed by atoms with Crippen molar-refractivity contribution in [3.63, 3.8) is 0 Å². The van der Waals surface area contributed by atoms with Crippen LogP contribution >= 0.6 is 0 Å². The quantitative estimate of drug-likeness (QED) is 0.171. The van der Waals surface area contributed by atoms with Crippen LogP contribution in [0.2, 0.25) is 0 Å². The molecular formula is C47H27N5O2. The second-order valence-corrected chi connectivity index (χ2v) is 12.7. The van der Waals surface area contributed by atoms with Crippen molar-refractivity contribution in [2.75, 3.05) is 0 Å². The summed E-state index contributed by atoms with van der Waals surface area (Å²) in [7, 11) is 0. The van der Waals surface area contributed by atoms with Gasteiger partial charge in [-0.1, -0.05) is 109 Å². The van der Waals surface area contributed by atoms with Crippen LogP contribution in [0.15, 0.2) is 164 Å². The molecule has 0 amide bonds. The second kappa shape index (κ2) is 13.7. The lowest BCUT2D eigenvalue weighted by atomic mass is 9.93. The molecule has 0 saturated carbocycles. The molecule has 0 bridgehead atoms. The first-order valence-corrected chi connectivity index (χ1v) is 17.3. The van der Waals surface area contributed by atoms with Crippen molar-refractivity contribution in [3.8, 4) is 103 Å². The predicted octanol–water partition coefficient (Wildman–Crippen LogP) is 11.5. The van der Waals surface area contributed by atoms with E-state index in [2.05, 4.69) is 36.4 Å². The van der Waals surface area contributed by atoms with Crippen LogP contribution in [-0.2, 0) is 0 Å². The Kier molecular flexibility index (Phi) is 8.13. The van der Waals surface area contributed by atoms with Crippen LogP contribution in [0, 0.1) is 22.7 Å². The Bertz CT molecular complexity index is 2750. The molecule has 9 rings (SSSR count). The molecule has 252 valence electrons. The maximum Gasteiger partial charge on any atom is 0.170 e. The van der Waals surface area contributed by atoms with Gasteiger partial charge in [-0.3, -0.25) is 0 Å². The molecule has 7 heteroatoms. The van der Waals surface area contributed by atoms with Crippen molar-refractivity contribution < 1.29 is 9.47 Å². The molecule has 1 aliphatic heterocycles. The van der Waals surface area contributed by atoms with E-state index in [1.807, 2.05) is 115 Å². The van der Waals surface area contributed by atoms with E-state index in [0.717, 1.165) is 50.1 Å². The zero-order valence-corrected chi connectivity index (χ0v) is 28.6. The summed E-state index contributed by atoms with van der Waals surface area (Å²) >= 11 is 0. The molecular weight excluding hydrogens is 667 g/mol.